The Bertz CT molecular complexity index is 756. The standard InChI is InChI=1S/C19H26N4O2S/c1-14-8-9-26-17(14)12-22-19(20-2)21-11-15-6-5-7-16(10-15)25-13-18(24)23(3)4/h5-10H,11-13H2,1-4H3,(H2,20,21,22). The zero-order valence-electron chi connectivity index (χ0n) is 15.7. The summed E-state index contributed by atoms with van der Waals surface area (Å²) in [6.07, 6.45) is 0. The number of guanidine groups is 1. The lowest BCUT2D eigenvalue weighted by atomic mass is 10.2. The number of carbonyl (C=O) groups is 1. The Morgan fingerprint density at radius 3 is 2.65 bits per heavy atom. The molecule has 1 heterocycles. The summed E-state index contributed by atoms with van der Waals surface area (Å²) in [5.74, 6) is 1.35. The highest BCUT2D eigenvalue weighted by Crippen LogP contribution is 2.15. The van der Waals surface area contributed by atoms with E-state index in [1.807, 2.05) is 24.3 Å². The van der Waals surface area contributed by atoms with Gasteiger partial charge in [0.1, 0.15) is 5.75 Å². The Kier molecular flexibility index (Phi) is 7.47. The van der Waals surface area contributed by atoms with Crippen LogP contribution >= 0.6 is 11.3 Å². The monoisotopic (exact) mass is 374 g/mol. The van der Waals surface area contributed by atoms with Gasteiger partial charge in [-0.05, 0) is 41.6 Å². The molecule has 0 saturated heterocycles. The molecule has 6 nitrogen and oxygen atoms in total. The Balaban J connectivity index is 1.84. The van der Waals surface area contributed by atoms with Crippen LogP contribution in [0.25, 0.3) is 0 Å². The van der Waals surface area contributed by atoms with Gasteiger partial charge in [-0.2, -0.15) is 0 Å². The van der Waals surface area contributed by atoms with Crippen LogP contribution in [0.3, 0.4) is 0 Å². The van der Waals surface area contributed by atoms with Crippen LogP contribution < -0.4 is 15.4 Å². The predicted molar refractivity (Wildman–Crippen MR) is 107 cm³/mol. The zero-order valence-corrected chi connectivity index (χ0v) is 16.5. The number of aryl methyl sites for hydroxylation is 1. The number of likely N-dealkylation sites (N-methyl/N-ethyl adjacent to an activating group) is 1. The molecule has 0 aliphatic heterocycles. The molecule has 0 atom stereocenters. The van der Waals surface area contributed by atoms with E-state index in [4.69, 9.17) is 4.74 Å². The van der Waals surface area contributed by atoms with Gasteiger partial charge < -0.3 is 20.3 Å². The minimum atomic E-state index is -0.0676. The molecule has 0 spiro atoms. The third-order valence-electron chi connectivity index (χ3n) is 3.83. The third-order valence-corrected chi connectivity index (χ3v) is 4.85. The van der Waals surface area contributed by atoms with Crippen LogP contribution in [0.5, 0.6) is 5.75 Å². The molecule has 0 saturated carbocycles. The van der Waals surface area contributed by atoms with Crippen LogP contribution in [0.1, 0.15) is 16.0 Å². The fourth-order valence-corrected chi connectivity index (χ4v) is 3.02. The maximum atomic E-state index is 11.6. The molecule has 26 heavy (non-hydrogen) atoms. The van der Waals surface area contributed by atoms with Crippen molar-refractivity contribution in [2.75, 3.05) is 27.7 Å². The highest BCUT2D eigenvalue weighted by atomic mass is 32.1. The lowest BCUT2D eigenvalue weighted by Crippen LogP contribution is -2.36. The topological polar surface area (TPSA) is 66.0 Å². The molecule has 7 heteroatoms. The molecular weight excluding hydrogens is 348 g/mol. The van der Waals surface area contributed by atoms with Gasteiger partial charge in [-0.1, -0.05) is 12.1 Å². The van der Waals surface area contributed by atoms with Gasteiger partial charge in [0.2, 0.25) is 0 Å². The summed E-state index contributed by atoms with van der Waals surface area (Å²) < 4.78 is 5.55. The van der Waals surface area contributed by atoms with Crippen molar-refractivity contribution in [3.8, 4) is 5.75 Å². The normalized spacial score (nSPS) is 11.2. The summed E-state index contributed by atoms with van der Waals surface area (Å²) in [6.45, 7) is 3.50. The molecular formula is C19H26N4O2S. The van der Waals surface area contributed by atoms with Crippen LogP contribution in [-0.4, -0.2) is 44.5 Å². The molecule has 140 valence electrons. The molecule has 2 aromatic rings. The number of hydrogen-bond donors (Lipinski definition) is 2. The van der Waals surface area contributed by atoms with E-state index in [-0.39, 0.29) is 12.5 Å². The molecule has 0 unspecified atom stereocenters. The number of nitrogens with zero attached hydrogens (tertiary/aromatic N) is 2. The van der Waals surface area contributed by atoms with Crippen molar-refractivity contribution in [2.45, 2.75) is 20.0 Å². The van der Waals surface area contributed by atoms with E-state index in [0.717, 1.165) is 18.1 Å². The number of hydrogen-bond acceptors (Lipinski definition) is 4. The molecule has 1 aromatic carbocycles. The van der Waals surface area contributed by atoms with Crippen LogP contribution in [0.2, 0.25) is 0 Å². The van der Waals surface area contributed by atoms with E-state index in [2.05, 4.69) is 34.0 Å². The lowest BCUT2D eigenvalue weighted by molar-refractivity contribution is -0.130. The molecule has 0 radical (unpaired) electrons. The van der Waals surface area contributed by atoms with Crippen molar-refractivity contribution < 1.29 is 9.53 Å². The van der Waals surface area contributed by atoms with Crippen molar-refractivity contribution >= 4 is 23.2 Å². The Morgan fingerprint density at radius 2 is 2.00 bits per heavy atom. The molecule has 0 bridgehead atoms. The smallest absolute Gasteiger partial charge is 0.259 e. The number of carbonyl (C=O) groups excluding carboxylic acids is 1. The first kappa shape index (κ1) is 19.8. The predicted octanol–water partition coefficient (Wildman–Crippen LogP) is 2.39. The van der Waals surface area contributed by atoms with Gasteiger partial charge in [0.15, 0.2) is 12.6 Å². The molecule has 0 aliphatic rings. The van der Waals surface area contributed by atoms with Gasteiger partial charge >= 0.3 is 0 Å². The average molecular weight is 375 g/mol. The summed E-state index contributed by atoms with van der Waals surface area (Å²) in [4.78, 5) is 18.7. The largest absolute Gasteiger partial charge is 0.484 e. The Hall–Kier alpha value is -2.54. The molecule has 0 aliphatic carbocycles. The van der Waals surface area contributed by atoms with Gasteiger partial charge in [-0.15, -0.1) is 11.3 Å². The van der Waals surface area contributed by atoms with Gasteiger partial charge in [0.05, 0.1) is 6.54 Å². The fourth-order valence-electron chi connectivity index (χ4n) is 2.17. The first-order valence-electron chi connectivity index (χ1n) is 8.39. The Morgan fingerprint density at radius 1 is 1.23 bits per heavy atom. The summed E-state index contributed by atoms with van der Waals surface area (Å²) in [5, 5.41) is 8.70. The maximum Gasteiger partial charge on any atom is 0.259 e. The van der Waals surface area contributed by atoms with E-state index in [1.165, 1.54) is 15.3 Å². The van der Waals surface area contributed by atoms with Crippen LogP contribution in [0.15, 0.2) is 40.7 Å². The van der Waals surface area contributed by atoms with E-state index < -0.39 is 0 Å². The highest BCUT2D eigenvalue weighted by Gasteiger charge is 2.06. The maximum absolute atomic E-state index is 11.6. The van der Waals surface area contributed by atoms with Crippen molar-refractivity contribution in [1.29, 1.82) is 0 Å². The van der Waals surface area contributed by atoms with Gasteiger partial charge in [-0.25, -0.2) is 0 Å². The van der Waals surface area contributed by atoms with Gasteiger partial charge in [0.25, 0.3) is 5.91 Å². The zero-order chi connectivity index (χ0) is 18.9. The summed E-state index contributed by atoms with van der Waals surface area (Å²) in [5.41, 5.74) is 2.34. The molecule has 1 aromatic heterocycles. The number of rotatable bonds is 7. The first-order valence-corrected chi connectivity index (χ1v) is 9.27. The van der Waals surface area contributed by atoms with Gasteiger partial charge in [-0.3, -0.25) is 9.79 Å². The second kappa shape index (κ2) is 9.82. The minimum absolute atomic E-state index is 0.0350. The highest BCUT2D eigenvalue weighted by molar-refractivity contribution is 7.10. The number of aliphatic imine (C=N–C) groups is 1. The van der Waals surface area contributed by atoms with Crippen LogP contribution in [0.4, 0.5) is 0 Å². The fraction of sp³-hybridized carbons (Fsp3) is 0.368. The van der Waals surface area contributed by atoms with Crippen molar-refractivity contribution in [3.05, 3.63) is 51.7 Å². The van der Waals surface area contributed by atoms with Crippen molar-refractivity contribution in [1.82, 2.24) is 15.5 Å². The lowest BCUT2D eigenvalue weighted by Gasteiger charge is -2.13. The third kappa shape index (κ3) is 6.07. The number of amides is 1. The molecule has 0 fully saturated rings. The Labute approximate surface area is 158 Å². The summed E-state index contributed by atoms with van der Waals surface area (Å²) >= 11 is 1.74. The molecule has 1 amide bonds. The van der Waals surface area contributed by atoms with E-state index in [9.17, 15) is 4.79 Å². The molecule has 2 N–H and O–H groups in total. The van der Waals surface area contributed by atoms with Gasteiger partial charge in [0, 0.05) is 32.6 Å². The number of thiophene rings is 1. The number of ether oxygens (including phenoxy) is 1. The molecule has 2 rings (SSSR count). The van der Waals surface area contributed by atoms with E-state index in [0.29, 0.717) is 12.3 Å². The number of nitrogens with one attached hydrogen (secondary N) is 2. The second-order valence-corrected chi connectivity index (χ2v) is 7.03. The van der Waals surface area contributed by atoms with Crippen molar-refractivity contribution in [2.24, 2.45) is 4.99 Å². The minimum Gasteiger partial charge on any atom is -0.484 e. The van der Waals surface area contributed by atoms with Crippen LogP contribution in [-0.2, 0) is 17.9 Å². The second-order valence-electron chi connectivity index (χ2n) is 6.03. The number of benzene rings is 1. The summed E-state index contributed by atoms with van der Waals surface area (Å²) in [7, 11) is 5.17. The average Bonchev–Trinajstić information content (AvgIpc) is 3.05. The van der Waals surface area contributed by atoms with E-state index in [1.54, 1.807) is 32.5 Å². The van der Waals surface area contributed by atoms with Crippen molar-refractivity contribution in [3.63, 3.8) is 0 Å². The van der Waals surface area contributed by atoms with E-state index >= 15 is 0 Å². The first-order chi connectivity index (χ1) is 12.5. The quantitative estimate of drug-likeness (QED) is 0.577. The summed E-state index contributed by atoms with van der Waals surface area (Å²) in [6, 6.07) is 9.80. The SMILES string of the molecule is CN=C(NCc1cccc(OCC(=O)N(C)C)c1)NCc1sccc1C. The van der Waals surface area contributed by atoms with Crippen LogP contribution in [0, 0.1) is 6.92 Å².